The second-order valence-electron chi connectivity index (χ2n) is 4.81. The molecule has 0 fully saturated rings. The van der Waals surface area contributed by atoms with Crippen molar-refractivity contribution in [3.05, 3.63) is 63.6 Å². The van der Waals surface area contributed by atoms with Crippen LogP contribution in [0, 0.1) is 11.3 Å². The summed E-state index contributed by atoms with van der Waals surface area (Å²) in [5, 5.41) is 12.2. The maximum Gasteiger partial charge on any atom is 0.310 e. The zero-order valence-electron chi connectivity index (χ0n) is 12.4. The van der Waals surface area contributed by atoms with Crippen LogP contribution in [0.1, 0.15) is 11.1 Å². The van der Waals surface area contributed by atoms with Gasteiger partial charge in [-0.15, -0.1) is 0 Å². The molecule has 1 amide bonds. The standard InChI is InChI=1S/C17H12Cl2N2O3/c18-13-5-4-12(15(19)8-13)7-17(23)24-10-16(22)21-14-3-1-2-11(6-14)9-20/h1-6,8H,7,10H2,(H,21,22). The van der Waals surface area contributed by atoms with Crippen molar-refractivity contribution in [2.45, 2.75) is 6.42 Å². The number of hydrogen-bond acceptors (Lipinski definition) is 4. The molecule has 5 nitrogen and oxygen atoms in total. The minimum Gasteiger partial charge on any atom is -0.455 e. The molecular formula is C17H12Cl2N2O3. The Morgan fingerprint density at radius 1 is 1.17 bits per heavy atom. The van der Waals surface area contributed by atoms with Crippen LogP contribution in [0.2, 0.25) is 10.0 Å². The number of carbonyl (C=O) groups excluding carboxylic acids is 2. The lowest BCUT2D eigenvalue weighted by molar-refractivity contribution is -0.146. The molecule has 0 spiro atoms. The van der Waals surface area contributed by atoms with E-state index in [-0.39, 0.29) is 6.42 Å². The average Bonchev–Trinajstić information content (AvgIpc) is 2.56. The molecule has 2 aromatic carbocycles. The van der Waals surface area contributed by atoms with Crippen LogP contribution >= 0.6 is 23.2 Å². The van der Waals surface area contributed by atoms with E-state index in [4.69, 9.17) is 33.2 Å². The van der Waals surface area contributed by atoms with Crippen molar-refractivity contribution in [3.8, 4) is 6.07 Å². The van der Waals surface area contributed by atoms with E-state index >= 15 is 0 Å². The van der Waals surface area contributed by atoms with Crippen LogP contribution in [0.5, 0.6) is 0 Å². The van der Waals surface area contributed by atoms with Gasteiger partial charge in [0, 0.05) is 15.7 Å². The molecule has 0 aromatic heterocycles. The molecule has 0 radical (unpaired) electrons. The van der Waals surface area contributed by atoms with Crippen molar-refractivity contribution in [1.82, 2.24) is 0 Å². The molecule has 0 bridgehead atoms. The number of ether oxygens (including phenoxy) is 1. The third kappa shape index (κ3) is 5.27. The van der Waals surface area contributed by atoms with Crippen LogP contribution in [0.25, 0.3) is 0 Å². The zero-order chi connectivity index (χ0) is 17.5. The number of nitriles is 1. The molecule has 0 aliphatic rings. The van der Waals surface area contributed by atoms with Gasteiger partial charge in [-0.25, -0.2) is 0 Å². The largest absolute Gasteiger partial charge is 0.455 e. The predicted molar refractivity (Wildman–Crippen MR) is 90.9 cm³/mol. The van der Waals surface area contributed by atoms with Crippen LogP contribution < -0.4 is 5.32 Å². The molecule has 0 unspecified atom stereocenters. The topological polar surface area (TPSA) is 79.2 Å². The molecule has 0 aliphatic heterocycles. The predicted octanol–water partition coefficient (Wildman–Crippen LogP) is 3.59. The Bertz CT molecular complexity index is 816. The van der Waals surface area contributed by atoms with Gasteiger partial charge in [0.05, 0.1) is 18.1 Å². The summed E-state index contributed by atoms with van der Waals surface area (Å²) in [4.78, 5) is 23.5. The van der Waals surface area contributed by atoms with Gasteiger partial charge in [0.25, 0.3) is 5.91 Å². The summed E-state index contributed by atoms with van der Waals surface area (Å²) in [6.07, 6.45) is -0.0623. The fourth-order valence-electron chi connectivity index (χ4n) is 1.88. The van der Waals surface area contributed by atoms with E-state index in [1.165, 1.54) is 12.1 Å². The molecule has 0 aliphatic carbocycles. The third-order valence-corrected chi connectivity index (χ3v) is 3.58. The smallest absolute Gasteiger partial charge is 0.310 e. The Morgan fingerprint density at radius 3 is 2.67 bits per heavy atom. The Kier molecular flexibility index (Phi) is 6.19. The maximum atomic E-state index is 11.8. The van der Waals surface area contributed by atoms with Gasteiger partial charge in [-0.3, -0.25) is 9.59 Å². The van der Waals surface area contributed by atoms with Crippen LogP contribution in [0.15, 0.2) is 42.5 Å². The SMILES string of the molecule is N#Cc1cccc(NC(=O)COC(=O)Cc2ccc(Cl)cc2Cl)c1. The van der Waals surface area contributed by atoms with Crippen LogP contribution in [-0.4, -0.2) is 18.5 Å². The first-order chi connectivity index (χ1) is 11.5. The second kappa shape index (κ2) is 8.34. The third-order valence-electron chi connectivity index (χ3n) is 2.99. The summed E-state index contributed by atoms with van der Waals surface area (Å²) in [6, 6.07) is 13.1. The quantitative estimate of drug-likeness (QED) is 0.824. The summed E-state index contributed by atoms with van der Waals surface area (Å²) < 4.78 is 4.91. The number of amides is 1. The number of rotatable bonds is 5. The minimum atomic E-state index is -0.583. The first-order valence-electron chi connectivity index (χ1n) is 6.87. The highest BCUT2D eigenvalue weighted by Crippen LogP contribution is 2.21. The second-order valence-corrected chi connectivity index (χ2v) is 5.66. The van der Waals surface area contributed by atoms with Gasteiger partial charge in [0.1, 0.15) is 0 Å². The molecule has 0 saturated carbocycles. The van der Waals surface area contributed by atoms with Gasteiger partial charge in [-0.05, 0) is 35.9 Å². The summed E-state index contributed by atoms with van der Waals surface area (Å²) in [5.41, 5.74) is 1.44. The Labute approximate surface area is 148 Å². The Balaban J connectivity index is 1.84. The summed E-state index contributed by atoms with van der Waals surface area (Å²) in [7, 11) is 0. The number of carbonyl (C=O) groups is 2. The Hall–Kier alpha value is -2.55. The van der Waals surface area contributed by atoms with Gasteiger partial charge >= 0.3 is 5.97 Å². The van der Waals surface area contributed by atoms with Gasteiger partial charge in [-0.1, -0.05) is 35.3 Å². The number of benzene rings is 2. The van der Waals surface area contributed by atoms with Gasteiger partial charge in [-0.2, -0.15) is 5.26 Å². The molecule has 24 heavy (non-hydrogen) atoms. The lowest BCUT2D eigenvalue weighted by atomic mass is 10.1. The van der Waals surface area contributed by atoms with Crippen LogP contribution in [0.4, 0.5) is 5.69 Å². The van der Waals surface area contributed by atoms with E-state index in [0.29, 0.717) is 26.9 Å². The highest BCUT2D eigenvalue weighted by Gasteiger charge is 2.11. The van der Waals surface area contributed by atoms with Crippen molar-refractivity contribution in [1.29, 1.82) is 5.26 Å². The van der Waals surface area contributed by atoms with Crippen molar-refractivity contribution < 1.29 is 14.3 Å². The van der Waals surface area contributed by atoms with E-state index in [0.717, 1.165) is 0 Å². The normalized spacial score (nSPS) is 9.88. The fraction of sp³-hybridized carbons (Fsp3) is 0.118. The number of nitrogens with zero attached hydrogens (tertiary/aromatic N) is 1. The summed E-state index contributed by atoms with van der Waals surface area (Å²) in [6.45, 7) is -0.430. The van der Waals surface area contributed by atoms with Gasteiger partial charge in [0.15, 0.2) is 6.61 Å². The zero-order valence-corrected chi connectivity index (χ0v) is 13.9. The van der Waals surface area contributed by atoms with Crippen LogP contribution in [0.3, 0.4) is 0 Å². The van der Waals surface area contributed by atoms with Gasteiger partial charge in [0.2, 0.25) is 0 Å². The molecule has 0 heterocycles. The first-order valence-corrected chi connectivity index (χ1v) is 7.63. The molecule has 7 heteroatoms. The Morgan fingerprint density at radius 2 is 1.96 bits per heavy atom. The van der Waals surface area contributed by atoms with Crippen molar-refractivity contribution >= 4 is 40.8 Å². The number of halogens is 2. The molecule has 2 aromatic rings. The number of nitrogens with one attached hydrogen (secondary N) is 1. The first kappa shape index (κ1) is 17.8. The summed E-state index contributed by atoms with van der Waals surface area (Å²) in [5.74, 6) is -1.08. The fourth-order valence-corrected chi connectivity index (χ4v) is 2.36. The van der Waals surface area contributed by atoms with E-state index in [1.54, 1.807) is 30.3 Å². The molecule has 122 valence electrons. The average molecular weight is 363 g/mol. The van der Waals surface area contributed by atoms with E-state index in [9.17, 15) is 9.59 Å². The highest BCUT2D eigenvalue weighted by atomic mass is 35.5. The number of hydrogen-bond donors (Lipinski definition) is 1. The maximum absolute atomic E-state index is 11.8. The number of anilines is 1. The van der Waals surface area contributed by atoms with E-state index in [2.05, 4.69) is 5.32 Å². The van der Waals surface area contributed by atoms with Crippen molar-refractivity contribution in [3.63, 3.8) is 0 Å². The molecule has 1 N–H and O–H groups in total. The molecule has 2 rings (SSSR count). The van der Waals surface area contributed by atoms with Gasteiger partial charge < -0.3 is 10.1 Å². The summed E-state index contributed by atoms with van der Waals surface area (Å²) >= 11 is 11.8. The number of esters is 1. The molecule has 0 atom stereocenters. The van der Waals surface area contributed by atoms with E-state index < -0.39 is 18.5 Å². The molecular weight excluding hydrogens is 351 g/mol. The lowest BCUT2D eigenvalue weighted by Gasteiger charge is -2.08. The minimum absolute atomic E-state index is 0.0623. The van der Waals surface area contributed by atoms with Crippen molar-refractivity contribution in [2.24, 2.45) is 0 Å². The highest BCUT2D eigenvalue weighted by molar-refractivity contribution is 6.35. The molecule has 0 saturated heterocycles. The van der Waals surface area contributed by atoms with Crippen LogP contribution in [-0.2, 0) is 20.7 Å². The van der Waals surface area contributed by atoms with E-state index in [1.807, 2.05) is 6.07 Å². The lowest BCUT2D eigenvalue weighted by Crippen LogP contribution is -2.21. The monoisotopic (exact) mass is 362 g/mol. The van der Waals surface area contributed by atoms with Crippen molar-refractivity contribution in [2.75, 3.05) is 11.9 Å².